The van der Waals surface area contributed by atoms with Crippen molar-refractivity contribution in [3.63, 3.8) is 0 Å². The second-order valence-electron chi connectivity index (χ2n) is 8.40. The molecule has 0 spiro atoms. The van der Waals surface area contributed by atoms with Crippen LogP contribution in [0, 0.1) is 0 Å². The van der Waals surface area contributed by atoms with Crippen LogP contribution in [0.4, 0.5) is 11.9 Å². The van der Waals surface area contributed by atoms with Gasteiger partial charge in [0.05, 0.1) is 24.4 Å². The number of nitrogens with two attached hydrogens (primary N) is 1. The number of anilines is 2. The summed E-state index contributed by atoms with van der Waals surface area (Å²) in [7, 11) is 0. The van der Waals surface area contributed by atoms with Gasteiger partial charge in [-0.2, -0.15) is 20.1 Å². The van der Waals surface area contributed by atoms with Gasteiger partial charge < -0.3 is 20.5 Å². The molecule has 6 rings (SSSR count). The Balaban J connectivity index is 1.33. The second kappa shape index (κ2) is 8.32. The van der Waals surface area contributed by atoms with Crippen molar-refractivity contribution in [3.05, 3.63) is 54.2 Å². The molecule has 0 bridgehead atoms. The van der Waals surface area contributed by atoms with Crippen LogP contribution in [0.1, 0.15) is 43.5 Å². The van der Waals surface area contributed by atoms with E-state index in [2.05, 4.69) is 31.4 Å². The molecule has 168 valence electrons. The third-order valence-corrected chi connectivity index (χ3v) is 6.20. The molecule has 2 aromatic heterocycles. The highest BCUT2D eigenvalue weighted by atomic mass is 16.5. The number of fused-ring (bicyclic) bond motifs is 2. The molecule has 4 aromatic rings. The number of para-hydroxylation sites is 1. The molecule has 0 aliphatic carbocycles. The van der Waals surface area contributed by atoms with E-state index in [0.29, 0.717) is 18.4 Å². The molecule has 2 aromatic carbocycles. The molecule has 9 nitrogen and oxygen atoms in total. The number of nitrogens with zero attached hydrogens (tertiary/aromatic N) is 5. The summed E-state index contributed by atoms with van der Waals surface area (Å²) < 4.78 is 13.7. The highest BCUT2D eigenvalue weighted by Crippen LogP contribution is 2.34. The summed E-state index contributed by atoms with van der Waals surface area (Å²) in [5.74, 6) is 2.02. The Labute approximate surface area is 191 Å². The molecule has 1 fully saturated rings. The molecule has 33 heavy (non-hydrogen) atoms. The molecule has 0 saturated carbocycles. The quantitative estimate of drug-likeness (QED) is 0.485. The third kappa shape index (κ3) is 3.84. The lowest BCUT2D eigenvalue weighted by Crippen LogP contribution is -2.21. The van der Waals surface area contributed by atoms with Crippen molar-refractivity contribution in [1.82, 2.24) is 24.7 Å². The van der Waals surface area contributed by atoms with E-state index < -0.39 is 0 Å². The summed E-state index contributed by atoms with van der Waals surface area (Å²) in [4.78, 5) is 13.4. The highest BCUT2D eigenvalue weighted by molar-refractivity contribution is 5.83. The fourth-order valence-electron chi connectivity index (χ4n) is 4.56. The fraction of sp³-hybridized carbons (Fsp3) is 0.333. The van der Waals surface area contributed by atoms with Gasteiger partial charge in [-0.15, -0.1) is 0 Å². The van der Waals surface area contributed by atoms with Gasteiger partial charge >= 0.3 is 0 Å². The number of ether oxygens (including phenoxy) is 2. The summed E-state index contributed by atoms with van der Waals surface area (Å²) in [6.45, 7) is 1.39. The first-order valence-electron chi connectivity index (χ1n) is 11.3. The lowest BCUT2D eigenvalue weighted by molar-refractivity contribution is -0.0366. The van der Waals surface area contributed by atoms with Crippen LogP contribution in [-0.2, 0) is 4.74 Å². The van der Waals surface area contributed by atoms with Gasteiger partial charge in [0.15, 0.2) is 12.1 Å². The minimum absolute atomic E-state index is 0.0389. The lowest BCUT2D eigenvalue weighted by Gasteiger charge is -2.26. The Morgan fingerprint density at radius 2 is 1.94 bits per heavy atom. The van der Waals surface area contributed by atoms with Gasteiger partial charge in [0.1, 0.15) is 5.75 Å². The van der Waals surface area contributed by atoms with Crippen molar-refractivity contribution >= 4 is 22.8 Å². The Hall–Kier alpha value is -3.72. The molecule has 0 radical (unpaired) electrons. The van der Waals surface area contributed by atoms with Crippen molar-refractivity contribution < 1.29 is 9.47 Å². The van der Waals surface area contributed by atoms with Crippen molar-refractivity contribution in [2.24, 2.45) is 0 Å². The lowest BCUT2D eigenvalue weighted by atomic mass is 10.0. The molecule has 2 unspecified atom stereocenters. The molecule has 1 saturated heterocycles. The van der Waals surface area contributed by atoms with Gasteiger partial charge in [-0.3, -0.25) is 0 Å². The average molecular weight is 444 g/mol. The van der Waals surface area contributed by atoms with Crippen LogP contribution in [0.5, 0.6) is 5.75 Å². The maximum absolute atomic E-state index is 6.07. The molecular formula is C24H25N7O2. The van der Waals surface area contributed by atoms with Crippen LogP contribution >= 0.6 is 0 Å². The summed E-state index contributed by atoms with van der Waals surface area (Å²) >= 11 is 0. The van der Waals surface area contributed by atoms with Crippen LogP contribution in [0.2, 0.25) is 0 Å². The smallest absolute Gasteiger partial charge is 0.228 e. The Bertz CT molecular complexity index is 1300. The van der Waals surface area contributed by atoms with Crippen molar-refractivity contribution in [2.45, 2.75) is 38.0 Å². The van der Waals surface area contributed by atoms with Crippen LogP contribution in [0.15, 0.2) is 48.7 Å². The number of rotatable bonds is 4. The standard InChI is InChI=1S/C24H25N7O2/c25-23-28-22(29-24(30-23)27-18-10-12-32-20-6-2-1-5-17(18)20)15-8-9-16-14-26-31(19(16)13-15)21-7-3-4-11-33-21/h1-2,5-6,8-9,13-14,18,21H,3-4,7,10-12H2,(H3,25,27,28,29,30). The number of nitrogen functional groups attached to an aromatic ring is 1. The molecule has 9 heteroatoms. The molecule has 4 heterocycles. The molecule has 3 N–H and O–H groups in total. The monoisotopic (exact) mass is 443 g/mol. The van der Waals surface area contributed by atoms with Gasteiger partial charge in [-0.25, -0.2) is 4.68 Å². The van der Waals surface area contributed by atoms with E-state index in [0.717, 1.165) is 60.1 Å². The van der Waals surface area contributed by atoms with E-state index >= 15 is 0 Å². The van der Waals surface area contributed by atoms with Gasteiger partial charge in [-0.05, 0) is 31.4 Å². The highest BCUT2D eigenvalue weighted by Gasteiger charge is 2.23. The zero-order valence-electron chi connectivity index (χ0n) is 18.1. The molecule has 0 amide bonds. The Morgan fingerprint density at radius 3 is 2.85 bits per heavy atom. The fourth-order valence-corrected chi connectivity index (χ4v) is 4.56. The molecule has 2 atom stereocenters. The van der Waals surface area contributed by atoms with Crippen LogP contribution in [-0.4, -0.2) is 37.9 Å². The maximum atomic E-state index is 6.07. The van der Waals surface area contributed by atoms with Crippen LogP contribution in [0.25, 0.3) is 22.3 Å². The molecular weight excluding hydrogens is 418 g/mol. The number of aromatic nitrogens is 5. The predicted octanol–water partition coefficient (Wildman–Crippen LogP) is 4.11. The van der Waals surface area contributed by atoms with Gasteiger partial charge in [-0.1, -0.05) is 30.3 Å². The van der Waals surface area contributed by atoms with Crippen molar-refractivity contribution in [1.29, 1.82) is 0 Å². The van der Waals surface area contributed by atoms with Crippen molar-refractivity contribution in [2.75, 3.05) is 24.3 Å². The largest absolute Gasteiger partial charge is 0.493 e. The number of hydrogen-bond donors (Lipinski definition) is 2. The maximum Gasteiger partial charge on any atom is 0.228 e. The third-order valence-electron chi connectivity index (χ3n) is 6.20. The Kier molecular flexibility index (Phi) is 5.03. The predicted molar refractivity (Wildman–Crippen MR) is 125 cm³/mol. The minimum Gasteiger partial charge on any atom is -0.493 e. The number of nitrogens with one attached hydrogen (secondary N) is 1. The van der Waals surface area contributed by atoms with E-state index in [1.165, 1.54) is 0 Å². The first-order valence-corrected chi connectivity index (χ1v) is 11.3. The van der Waals surface area contributed by atoms with Gasteiger partial charge in [0.2, 0.25) is 11.9 Å². The number of hydrogen-bond acceptors (Lipinski definition) is 8. The normalized spacial score (nSPS) is 20.2. The van der Waals surface area contributed by atoms with Crippen molar-refractivity contribution in [3.8, 4) is 17.1 Å². The van der Waals surface area contributed by atoms with Crippen LogP contribution < -0.4 is 15.8 Å². The summed E-state index contributed by atoms with van der Waals surface area (Å²) in [6, 6.07) is 14.1. The zero-order valence-corrected chi connectivity index (χ0v) is 18.1. The molecule has 2 aliphatic rings. The van der Waals surface area contributed by atoms with E-state index in [1.54, 1.807) is 0 Å². The van der Waals surface area contributed by atoms with Gasteiger partial charge in [0, 0.05) is 29.5 Å². The minimum atomic E-state index is -0.0410. The number of benzene rings is 2. The SMILES string of the molecule is Nc1nc(NC2CCOc3ccccc32)nc(-c2ccc3cnn(C4CCCCO4)c3c2)n1. The van der Waals surface area contributed by atoms with Crippen LogP contribution in [0.3, 0.4) is 0 Å². The summed E-state index contributed by atoms with van der Waals surface area (Å²) in [5, 5.41) is 9.05. The topological polar surface area (TPSA) is 113 Å². The first-order chi connectivity index (χ1) is 16.2. The average Bonchev–Trinajstić information content (AvgIpc) is 3.28. The van der Waals surface area contributed by atoms with E-state index in [-0.39, 0.29) is 18.2 Å². The zero-order chi connectivity index (χ0) is 22.2. The van der Waals surface area contributed by atoms with E-state index in [1.807, 2.05) is 47.3 Å². The summed E-state index contributed by atoms with van der Waals surface area (Å²) in [5.41, 5.74) is 9.00. The van der Waals surface area contributed by atoms with E-state index in [9.17, 15) is 0 Å². The Morgan fingerprint density at radius 1 is 1.00 bits per heavy atom. The molecule has 2 aliphatic heterocycles. The summed E-state index contributed by atoms with van der Waals surface area (Å²) in [6.07, 6.45) is 5.83. The van der Waals surface area contributed by atoms with Gasteiger partial charge in [0.25, 0.3) is 0 Å². The second-order valence-corrected chi connectivity index (χ2v) is 8.40. The van der Waals surface area contributed by atoms with E-state index in [4.69, 9.17) is 15.2 Å². The first kappa shape index (κ1) is 19.9.